The fraction of sp³-hybridized carbons (Fsp3) is 0.321. The zero-order valence-electron chi connectivity index (χ0n) is 19.3. The molecule has 0 saturated carbocycles. The molecule has 3 heteroatoms. The summed E-state index contributed by atoms with van der Waals surface area (Å²) in [6.45, 7) is 9.08. The van der Waals surface area contributed by atoms with Crippen LogP contribution in [0.2, 0.25) is 0 Å². The summed E-state index contributed by atoms with van der Waals surface area (Å²) >= 11 is 0. The van der Waals surface area contributed by atoms with E-state index in [1.165, 1.54) is 33.3 Å². The van der Waals surface area contributed by atoms with Crippen LogP contribution < -0.4 is 5.32 Å². The quantitative estimate of drug-likeness (QED) is 0.348. The van der Waals surface area contributed by atoms with E-state index in [4.69, 9.17) is 5.10 Å². The van der Waals surface area contributed by atoms with Crippen molar-refractivity contribution >= 4 is 16.6 Å². The smallest absolute Gasteiger partial charge is 0.0928 e. The molecule has 0 radical (unpaired) electrons. The van der Waals surface area contributed by atoms with E-state index in [-0.39, 0.29) is 6.04 Å². The highest BCUT2D eigenvalue weighted by atomic mass is 15.3. The Morgan fingerprint density at radius 1 is 0.774 bits per heavy atom. The number of nitrogens with one attached hydrogen (secondary N) is 1. The number of aromatic nitrogens is 2. The maximum Gasteiger partial charge on any atom is 0.0928 e. The molecule has 0 aliphatic rings. The molecule has 1 heterocycles. The fourth-order valence-electron chi connectivity index (χ4n) is 4.46. The molecule has 0 bridgehead atoms. The van der Waals surface area contributed by atoms with E-state index in [9.17, 15) is 0 Å². The first-order valence-electron chi connectivity index (χ1n) is 11.3. The molecule has 1 aromatic heterocycles. The van der Waals surface area contributed by atoms with Crippen LogP contribution in [0.1, 0.15) is 68.0 Å². The van der Waals surface area contributed by atoms with E-state index < -0.39 is 0 Å². The van der Waals surface area contributed by atoms with Gasteiger partial charge in [0.2, 0.25) is 0 Å². The first-order valence-corrected chi connectivity index (χ1v) is 11.3. The second kappa shape index (κ2) is 8.97. The SMILES string of the molecule is CC(C)c1cccc(C(C)C)c1NC(Cc1ccccc1)c1nn(C)c2ccccc12. The van der Waals surface area contributed by atoms with Gasteiger partial charge in [-0.25, -0.2) is 0 Å². The van der Waals surface area contributed by atoms with Gasteiger partial charge in [0.1, 0.15) is 0 Å². The standard InChI is InChI=1S/C28H33N3/c1-19(2)22-15-11-16-23(20(3)4)27(22)29-25(18-21-12-7-6-8-13-21)28-24-14-9-10-17-26(24)31(5)30-28/h6-17,19-20,25,29H,18H2,1-5H3. The molecule has 31 heavy (non-hydrogen) atoms. The topological polar surface area (TPSA) is 29.9 Å². The number of rotatable bonds is 7. The van der Waals surface area contributed by atoms with E-state index in [0.29, 0.717) is 11.8 Å². The predicted octanol–water partition coefficient (Wildman–Crippen LogP) is 7.22. The van der Waals surface area contributed by atoms with Crippen LogP contribution in [0.25, 0.3) is 10.9 Å². The number of hydrogen-bond acceptors (Lipinski definition) is 2. The van der Waals surface area contributed by atoms with Gasteiger partial charge in [0.15, 0.2) is 0 Å². The Hall–Kier alpha value is -3.07. The second-order valence-electron chi connectivity index (χ2n) is 9.03. The van der Waals surface area contributed by atoms with Gasteiger partial charge in [-0.1, -0.05) is 94.4 Å². The van der Waals surface area contributed by atoms with Crippen LogP contribution in [-0.2, 0) is 13.5 Å². The highest BCUT2D eigenvalue weighted by molar-refractivity contribution is 5.83. The molecule has 1 atom stereocenters. The van der Waals surface area contributed by atoms with Crippen LogP contribution in [0.4, 0.5) is 5.69 Å². The number of nitrogens with zero attached hydrogens (tertiary/aromatic N) is 2. The van der Waals surface area contributed by atoms with Gasteiger partial charge in [-0.2, -0.15) is 5.10 Å². The summed E-state index contributed by atoms with van der Waals surface area (Å²) in [4.78, 5) is 0. The van der Waals surface area contributed by atoms with Crippen molar-refractivity contribution in [2.75, 3.05) is 5.32 Å². The van der Waals surface area contributed by atoms with Crippen molar-refractivity contribution in [3.8, 4) is 0 Å². The number of anilines is 1. The molecular weight excluding hydrogens is 378 g/mol. The second-order valence-corrected chi connectivity index (χ2v) is 9.03. The summed E-state index contributed by atoms with van der Waals surface area (Å²) in [5, 5.41) is 10.2. The Labute approximate surface area is 186 Å². The summed E-state index contributed by atoms with van der Waals surface area (Å²) in [7, 11) is 2.03. The van der Waals surface area contributed by atoms with Crippen molar-refractivity contribution in [2.45, 2.75) is 52.0 Å². The van der Waals surface area contributed by atoms with Crippen LogP contribution in [0.5, 0.6) is 0 Å². The minimum atomic E-state index is 0.0749. The van der Waals surface area contributed by atoms with Crippen molar-refractivity contribution < 1.29 is 0 Å². The van der Waals surface area contributed by atoms with Crippen molar-refractivity contribution in [3.05, 3.63) is 95.2 Å². The molecule has 1 N–H and O–H groups in total. The summed E-state index contributed by atoms with van der Waals surface area (Å²) in [6.07, 6.45) is 0.881. The molecule has 4 aromatic rings. The molecule has 0 spiro atoms. The van der Waals surface area contributed by atoms with Gasteiger partial charge >= 0.3 is 0 Å². The molecule has 0 fully saturated rings. The Morgan fingerprint density at radius 3 is 2.03 bits per heavy atom. The van der Waals surface area contributed by atoms with Crippen molar-refractivity contribution in [2.24, 2.45) is 7.05 Å². The molecule has 3 aromatic carbocycles. The largest absolute Gasteiger partial charge is 0.376 e. The first kappa shape index (κ1) is 21.2. The minimum Gasteiger partial charge on any atom is -0.376 e. The van der Waals surface area contributed by atoms with E-state index in [2.05, 4.69) is 106 Å². The zero-order valence-corrected chi connectivity index (χ0v) is 19.3. The molecule has 0 amide bonds. The van der Waals surface area contributed by atoms with Crippen molar-refractivity contribution in [1.82, 2.24) is 9.78 Å². The Kier molecular flexibility index (Phi) is 6.13. The van der Waals surface area contributed by atoms with E-state index in [1.807, 2.05) is 11.7 Å². The Bertz CT molecular complexity index is 1130. The predicted molar refractivity (Wildman–Crippen MR) is 132 cm³/mol. The van der Waals surface area contributed by atoms with Gasteiger partial charge in [0, 0.05) is 18.1 Å². The van der Waals surface area contributed by atoms with Crippen LogP contribution >= 0.6 is 0 Å². The zero-order chi connectivity index (χ0) is 22.0. The third kappa shape index (κ3) is 4.36. The van der Waals surface area contributed by atoms with Gasteiger partial charge in [0.05, 0.1) is 17.3 Å². The monoisotopic (exact) mass is 411 g/mol. The van der Waals surface area contributed by atoms with Crippen LogP contribution in [0.15, 0.2) is 72.8 Å². The minimum absolute atomic E-state index is 0.0749. The van der Waals surface area contributed by atoms with E-state index >= 15 is 0 Å². The lowest BCUT2D eigenvalue weighted by Gasteiger charge is -2.26. The third-order valence-electron chi connectivity index (χ3n) is 6.09. The van der Waals surface area contributed by atoms with Gasteiger partial charge < -0.3 is 5.32 Å². The maximum absolute atomic E-state index is 4.99. The van der Waals surface area contributed by atoms with Gasteiger partial charge in [0.25, 0.3) is 0 Å². The molecule has 0 saturated heterocycles. The normalized spacial score (nSPS) is 12.6. The highest BCUT2D eigenvalue weighted by Crippen LogP contribution is 2.36. The van der Waals surface area contributed by atoms with Gasteiger partial charge in [-0.05, 0) is 41.0 Å². The van der Waals surface area contributed by atoms with Gasteiger partial charge in [-0.3, -0.25) is 4.68 Å². The third-order valence-corrected chi connectivity index (χ3v) is 6.09. The van der Waals surface area contributed by atoms with Crippen molar-refractivity contribution in [1.29, 1.82) is 0 Å². The number of fused-ring (bicyclic) bond motifs is 1. The van der Waals surface area contributed by atoms with E-state index in [0.717, 1.165) is 12.1 Å². The van der Waals surface area contributed by atoms with Crippen molar-refractivity contribution in [3.63, 3.8) is 0 Å². The lowest BCUT2D eigenvalue weighted by atomic mass is 9.91. The molecule has 1 unspecified atom stereocenters. The van der Waals surface area contributed by atoms with E-state index in [1.54, 1.807) is 0 Å². The molecule has 3 nitrogen and oxygen atoms in total. The molecule has 4 rings (SSSR count). The van der Waals surface area contributed by atoms with Crippen LogP contribution in [0, 0.1) is 0 Å². The average Bonchev–Trinajstić information content (AvgIpc) is 3.10. The van der Waals surface area contributed by atoms with Gasteiger partial charge in [-0.15, -0.1) is 0 Å². The number of aryl methyl sites for hydroxylation is 1. The highest BCUT2D eigenvalue weighted by Gasteiger charge is 2.23. The van der Waals surface area contributed by atoms with Crippen LogP contribution in [-0.4, -0.2) is 9.78 Å². The fourth-order valence-corrected chi connectivity index (χ4v) is 4.46. The maximum atomic E-state index is 4.99. The molecular formula is C28H33N3. The summed E-state index contributed by atoms with van der Waals surface area (Å²) < 4.78 is 2.00. The lowest BCUT2D eigenvalue weighted by Crippen LogP contribution is -2.18. The first-order chi connectivity index (χ1) is 15.0. The number of benzene rings is 3. The lowest BCUT2D eigenvalue weighted by molar-refractivity contribution is 0.692. The number of hydrogen-bond donors (Lipinski definition) is 1. The Balaban J connectivity index is 1.85. The summed E-state index contributed by atoms with van der Waals surface area (Å²) in [5.41, 5.74) is 7.58. The molecule has 0 aliphatic carbocycles. The average molecular weight is 412 g/mol. The summed E-state index contributed by atoms with van der Waals surface area (Å²) in [5.74, 6) is 0.887. The number of para-hydroxylation sites is 2. The van der Waals surface area contributed by atoms with Crippen LogP contribution in [0.3, 0.4) is 0 Å². The molecule has 160 valence electrons. The Morgan fingerprint density at radius 2 is 1.39 bits per heavy atom. The molecule has 0 aliphatic heterocycles. The summed E-state index contributed by atoms with van der Waals surface area (Å²) in [6, 6.07) is 26.0.